The number of aromatic nitrogens is 3. The lowest BCUT2D eigenvalue weighted by Crippen LogP contribution is -2.33. The Bertz CT molecular complexity index is 1210. The highest BCUT2D eigenvalue weighted by Crippen LogP contribution is 2.30. The third kappa shape index (κ3) is 3.02. The van der Waals surface area contributed by atoms with Gasteiger partial charge in [-0.1, -0.05) is 17.4 Å². The number of carbonyl (C=O) groups excluding carboxylic acids is 3. The molecule has 0 atom stereocenters. The van der Waals surface area contributed by atoms with Gasteiger partial charge in [-0.05, 0) is 19.9 Å². The number of hydrogen-bond acceptors (Lipinski definition) is 8. The molecule has 0 saturated heterocycles. The van der Waals surface area contributed by atoms with Crippen molar-refractivity contribution in [2.75, 3.05) is 11.9 Å². The number of hydrogen-bond donors (Lipinski definition) is 1. The summed E-state index contributed by atoms with van der Waals surface area (Å²) in [4.78, 5) is 54.3. The van der Waals surface area contributed by atoms with E-state index in [0.717, 1.165) is 15.5 Å². The largest absolute Gasteiger partial charge is 0.293 e. The van der Waals surface area contributed by atoms with E-state index in [9.17, 15) is 24.5 Å². The summed E-state index contributed by atoms with van der Waals surface area (Å²) < 4.78 is 1.62. The number of carbonyl (C=O) groups is 3. The first kappa shape index (κ1) is 18.7. The number of fused-ring (bicyclic) bond motifs is 2. The number of rotatable bonds is 5. The zero-order chi connectivity index (χ0) is 20.9. The van der Waals surface area contributed by atoms with E-state index in [1.807, 2.05) is 13.8 Å². The van der Waals surface area contributed by atoms with Crippen molar-refractivity contribution in [3.63, 3.8) is 0 Å². The summed E-state index contributed by atoms with van der Waals surface area (Å²) in [5.41, 5.74) is 0.211. The Kier molecular flexibility index (Phi) is 4.34. The maximum Gasteiger partial charge on any atom is 0.282 e. The Balaban J connectivity index is 1.45. The van der Waals surface area contributed by atoms with Crippen molar-refractivity contribution in [1.29, 1.82) is 0 Å². The topological polar surface area (TPSA) is 140 Å². The molecule has 0 fully saturated rings. The number of nitro groups is 1. The summed E-state index contributed by atoms with van der Waals surface area (Å²) in [6.45, 7) is 3.62. The smallest absolute Gasteiger partial charge is 0.282 e. The van der Waals surface area contributed by atoms with Gasteiger partial charge in [-0.15, -0.1) is 5.10 Å². The third-order valence-corrected chi connectivity index (χ3v) is 5.68. The number of nitrogens with one attached hydrogen (secondary N) is 1. The van der Waals surface area contributed by atoms with Crippen LogP contribution in [-0.4, -0.2) is 48.7 Å². The summed E-state index contributed by atoms with van der Waals surface area (Å²) in [6.07, 6.45) is -0.190. The quantitative estimate of drug-likeness (QED) is 0.382. The first-order chi connectivity index (χ1) is 13.8. The lowest BCUT2D eigenvalue weighted by atomic mass is 10.1. The standard InChI is InChI=1S/C17H14N6O5S/c1-8-9(2)29-17-19-16(20-22(8)17)18-12(24)6-7-21-14(25)10-4-3-5-11(23(27)28)13(10)15(21)26/h3-5H,6-7H2,1-2H3,(H,18,20,24). The van der Waals surface area contributed by atoms with Crippen LogP contribution in [0.25, 0.3) is 4.96 Å². The monoisotopic (exact) mass is 414 g/mol. The molecule has 29 heavy (non-hydrogen) atoms. The van der Waals surface area contributed by atoms with Gasteiger partial charge in [0.25, 0.3) is 17.5 Å². The first-order valence-corrected chi connectivity index (χ1v) is 9.35. The number of thiazole rings is 1. The highest BCUT2D eigenvalue weighted by atomic mass is 32.1. The zero-order valence-electron chi connectivity index (χ0n) is 15.3. The number of nitrogens with zero attached hydrogens (tertiary/aromatic N) is 5. The second kappa shape index (κ2) is 6.74. The van der Waals surface area contributed by atoms with Gasteiger partial charge in [-0.25, -0.2) is 4.52 Å². The predicted molar refractivity (Wildman–Crippen MR) is 102 cm³/mol. The van der Waals surface area contributed by atoms with Crippen molar-refractivity contribution >= 4 is 45.7 Å². The fourth-order valence-corrected chi connectivity index (χ4v) is 3.97. The second-order valence-electron chi connectivity index (χ2n) is 6.39. The van der Waals surface area contributed by atoms with Crippen molar-refractivity contribution in [1.82, 2.24) is 19.5 Å². The van der Waals surface area contributed by atoms with Crippen molar-refractivity contribution in [2.24, 2.45) is 0 Å². The average molecular weight is 414 g/mol. The number of anilines is 1. The van der Waals surface area contributed by atoms with E-state index in [-0.39, 0.29) is 30.0 Å². The highest BCUT2D eigenvalue weighted by Gasteiger charge is 2.40. The fraction of sp³-hybridized carbons (Fsp3) is 0.235. The minimum atomic E-state index is -0.781. The number of imide groups is 1. The average Bonchev–Trinajstić information content (AvgIpc) is 3.26. The highest BCUT2D eigenvalue weighted by molar-refractivity contribution is 7.17. The Morgan fingerprint density at radius 1 is 1.28 bits per heavy atom. The molecule has 0 bridgehead atoms. The van der Waals surface area contributed by atoms with Crippen LogP contribution in [0.4, 0.5) is 11.6 Å². The van der Waals surface area contributed by atoms with Crippen LogP contribution in [0.2, 0.25) is 0 Å². The van der Waals surface area contributed by atoms with Gasteiger partial charge in [0.2, 0.25) is 16.8 Å². The lowest BCUT2D eigenvalue weighted by Gasteiger charge is -2.12. The molecule has 0 spiro atoms. The van der Waals surface area contributed by atoms with E-state index in [0.29, 0.717) is 4.96 Å². The molecule has 3 heterocycles. The summed E-state index contributed by atoms with van der Waals surface area (Å²) >= 11 is 1.44. The molecule has 11 nitrogen and oxygen atoms in total. The minimum absolute atomic E-state index is 0.0357. The van der Waals surface area contributed by atoms with Gasteiger partial charge < -0.3 is 0 Å². The fourth-order valence-electron chi connectivity index (χ4n) is 3.07. The molecule has 2 aromatic heterocycles. The van der Waals surface area contributed by atoms with Crippen LogP contribution in [0, 0.1) is 24.0 Å². The lowest BCUT2D eigenvalue weighted by molar-refractivity contribution is -0.385. The molecule has 1 N–H and O–H groups in total. The molecule has 1 aliphatic heterocycles. The number of benzene rings is 1. The van der Waals surface area contributed by atoms with Crippen LogP contribution in [0.3, 0.4) is 0 Å². The summed E-state index contributed by atoms with van der Waals surface area (Å²) in [7, 11) is 0. The Hall–Kier alpha value is -3.67. The van der Waals surface area contributed by atoms with E-state index < -0.39 is 28.3 Å². The molecule has 3 aromatic rings. The summed E-state index contributed by atoms with van der Waals surface area (Å²) in [5, 5.41) is 17.9. The summed E-state index contributed by atoms with van der Waals surface area (Å²) in [6, 6.07) is 3.87. The Morgan fingerprint density at radius 2 is 2.03 bits per heavy atom. The van der Waals surface area contributed by atoms with Gasteiger partial charge in [0.1, 0.15) is 5.56 Å². The molecule has 1 aliphatic rings. The van der Waals surface area contributed by atoms with Crippen LogP contribution in [-0.2, 0) is 4.79 Å². The van der Waals surface area contributed by atoms with Crippen molar-refractivity contribution in [2.45, 2.75) is 20.3 Å². The number of nitro benzene ring substituents is 1. The molecule has 4 rings (SSSR count). The van der Waals surface area contributed by atoms with E-state index in [1.165, 1.54) is 29.5 Å². The normalized spacial score (nSPS) is 13.2. The molecule has 12 heteroatoms. The maximum absolute atomic E-state index is 12.5. The van der Waals surface area contributed by atoms with Crippen molar-refractivity contribution in [3.8, 4) is 0 Å². The SMILES string of the molecule is Cc1sc2nc(NC(=O)CCN3C(=O)c4cccc([N+](=O)[O-])c4C3=O)nn2c1C. The van der Waals surface area contributed by atoms with Crippen LogP contribution in [0.15, 0.2) is 18.2 Å². The van der Waals surface area contributed by atoms with E-state index in [2.05, 4.69) is 15.4 Å². The first-order valence-electron chi connectivity index (χ1n) is 8.54. The Morgan fingerprint density at radius 3 is 2.72 bits per heavy atom. The van der Waals surface area contributed by atoms with E-state index in [1.54, 1.807) is 4.52 Å². The molecule has 0 saturated carbocycles. The minimum Gasteiger partial charge on any atom is -0.293 e. The molecule has 3 amide bonds. The summed E-state index contributed by atoms with van der Waals surface area (Å²) in [5.74, 6) is -1.80. The van der Waals surface area contributed by atoms with Gasteiger partial charge in [-0.2, -0.15) is 4.98 Å². The third-order valence-electron chi connectivity index (χ3n) is 4.64. The molecular weight excluding hydrogens is 400 g/mol. The second-order valence-corrected chi connectivity index (χ2v) is 7.57. The Labute approximate surface area is 167 Å². The van der Waals surface area contributed by atoms with E-state index >= 15 is 0 Å². The van der Waals surface area contributed by atoms with Crippen LogP contribution >= 0.6 is 11.3 Å². The maximum atomic E-state index is 12.5. The predicted octanol–water partition coefficient (Wildman–Crippen LogP) is 1.94. The van der Waals surface area contributed by atoms with Crippen LogP contribution < -0.4 is 5.32 Å². The van der Waals surface area contributed by atoms with Crippen LogP contribution in [0.1, 0.15) is 37.7 Å². The van der Waals surface area contributed by atoms with Gasteiger partial charge in [0.15, 0.2) is 0 Å². The van der Waals surface area contributed by atoms with Gasteiger partial charge in [-0.3, -0.25) is 34.7 Å². The number of aryl methyl sites for hydroxylation is 2. The molecule has 148 valence electrons. The van der Waals surface area contributed by atoms with Crippen LogP contribution in [0.5, 0.6) is 0 Å². The van der Waals surface area contributed by atoms with Crippen molar-refractivity contribution in [3.05, 3.63) is 50.0 Å². The molecular formula is C17H14N6O5S. The number of amides is 3. The van der Waals surface area contributed by atoms with Gasteiger partial charge >= 0.3 is 0 Å². The molecule has 0 unspecified atom stereocenters. The molecule has 1 aromatic carbocycles. The molecule has 0 radical (unpaired) electrons. The van der Waals surface area contributed by atoms with Gasteiger partial charge in [0, 0.05) is 23.9 Å². The molecule has 0 aliphatic carbocycles. The van der Waals surface area contributed by atoms with E-state index in [4.69, 9.17) is 0 Å². The van der Waals surface area contributed by atoms with Crippen molar-refractivity contribution < 1.29 is 19.3 Å². The van der Waals surface area contributed by atoms with Gasteiger partial charge in [0.05, 0.1) is 16.2 Å². The zero-order valence-corrected chi connectivity index (χ0v) is 16.1.